The third-order valence-electron chi connectivity index (χ3n) is 3.56. The third kappa shape index (κ3) is 3.75. The van der Waals surface area contributed by atoms with Gasteiger partial charge in [0.15, 0.2) is 0 Å². The number of benzene rings is 1. The molecule has 2 rings (SSSR count). The molecule has 0 atom stereocenters. The molecule has 1 aliphatic rings. The second-order valence-corrected chi connectivity index (χ2v) is 6.63. The topological polar surface area (TPSA) is 58.2 Å². The van der Waals surface area contributed by atoms with Gasteiger partial charge in [-0.3, -0.25) is 0 Å². The van der Waals surface area contributed by atoms with Gasteiger partial charge >= 0.3 is 0 Å². The molecule has 6 heteroatoms. The van der Waals surface area contributed by atoms with Crippen LogP contribution in [0, 0.1) is 5.82 Å². The summed E-state index contributed by atoms with van der Waals surface area (Å²) in [6, 6.07) is 5.50. The van der Waals surface area contributed by atoms with Crippen molar-refractivity contribution in [2.75, 3.05) is 7.05 Å². The second kappa shape index (κ2) is 5.98. The summed E-state index contributed by atoms with van der Waals surface area (Å²) >= 11 is 0. The summed E-state index contributed by atoms with van der Waals surface area (Å²) in [4.78, 5) is -0.0109. The highest BCUT2D eigenvalue weighted by molar-refractivity contribution is 7.89. The lowest BCUT2D eigenvalue weighted by Crippen LogP contribution is -2.41. The number of sulfonamides is 1. The highest BCUT2D eigenvalue weighted by atomic mass is 32.2. The molecule has 1 aromatic rings. The van der Waals surface area contributed by atoms with Gasteiger partial charge < -0.3 is 5.32 Å². The molecule has 1 aromatic carbocycles. The summed E-state index contributed by atoms with van der Waals surface area (Å²) in [6.45, 7) is 0. The lowest BCUT2D eigenvalue weighted by atomic mass is 9.92. The third-order valence-corrected chi connectivity index (χ3v) is 5.08. The minimum Gasteiger partial charge on any atom is -0.317 e. The van der Waals surface area contributed by atoms with E-state index in [4.69, 9.17) is 0 Å². The summed E-state index contributed by atoms with van der Waals surface area (Å²) in [5, 5.41) is 3.20. The Bertz CT molecular complexity index is 525. The first-order valence-corrected chi connectivity index (χ1v) is 7.95. The molecule has 0 saturated heterocycles. The van der Waals surface area contributed by atoms with Crippen molar-refractivity contribution in [1.82, 2.24) is 10.0 Å². The molecule has 0 radical (unpaired) electrons. The zero-order valence-electron chi connectivity index (χ0n) is 10.9. The van der Waals surface area contributed by atoms with Crippen molar-refractivity contribution in [3.8, 4) is 0 Å². The zero-order valence-corrected chi connectivity index (χ0v) is 11.7. The normalized spacial score (nSPS) is 24.3. The smallest absolute Gasteiger partial charge is 0.240 e. The summed E-state index contributed by atoms with van der Waals surface area (Å²) < 4.78 is 40.0. The van der Waals surface area contributed by atoms with Gasteiger partial charge in [0.05, 0.1) is 4.90 Å². The first-order chi connectivity index (χ1) is 9.01. The van der Waals surface area contributed by atoms with Gasteiger partial charge in [0.2, 0.25) is 10.0 Å². The molecule has 106 valence electrons. The van der Waals surface area contributed by atoms with E-state index in [1.807, 2.05) is 7.05 Å². The van der Waals surface area contributed by atoms with Gasteiger partial charge in [0.25, 0.3) is 0 Å². The Labute approximate surface area is 113 Å². The molecule has 0 bridgehead atoms. The second-order valence-electron chi connectivity index (χ2n) is 4.92. The first-order valence-electron chi connectivity index (χ1n) is 6.46. The van der Waals surface area contributed by atoms with Gasteiger partial charge in [-0.05, 0) is 50.9 Å². The Balaban J connectivity index is 2.02. The molecule has 0 spiro atoms. The number of nitrogens with one attached hydrogen (secondary N) is 2. The number of hydrogen-bond acceptors (Lipinski definition) is 3. The van der Waals surface area contributed by atoms with E-state index in [9.17, 15) is 12.8 Å². The zero-order chi connectivity index (χ0) is 13.9. The maximum absolute atomic E-state index is 13.1. The van der Waals surface area contributed by atoms with Crippen LogP contribution in [0.25, 0.3) is 0 Å². The van der Waals surface area contributed by atoms with Crippen LogP contribution in [-0.4, -0.2) is 27.5 Å². The van der Waals surface area contributed by atoms with Crippen molar-refractivity contribution in [2.45, 2.75) is 42.7 Å². The molecular weight excluding hydrogens is 267 g/mol. The Morgan fingerprint density at radius 2 is 1.79 bits per heavy atom. The Morgan fingerprint density at radius 3 is 2.37 bits per heavy atom. The maximum Gasteiger partial charge on any atom is 0.240 e. The van der Waals surface area contributed by atoms with Crippen molar-refractivity contribution in [3.63, 3.8) is 0 Å². The van der Waals surface area contributed by atoms with Crippen LogP contribution in [-0.2, 0) is 10.0 Å². The van der Waals surface area contributed by atoms with E-state index in [-0.39, 0.29) is 10.9 Å². The van der Waals surface area contributed by atoms with Crippen LogP contribution < -0.4 is 10.0 Å². The van der Waals surface area contributed by atoms with Crippen LogP contribution >= 0.6 is 0 Å². The molecule has 1 fully saturated rings. The molecule has 19 heavy (non-hydrogen) atoms. The average Bonchev–Trinajstić information content (AvgIpc) is 2.39. The fraction of sp³-hybridized carbons (Fsp3) is 0.538. The first kappa shape index (κ1) is 14.4. The number of rotatable bonds is 4. The molecule has 4 nitrogen and oxygen atoms in total. The SMILES string of the molecule is CNC1CCC(NS(=O)(=O)c2cccc(F)c2)CC1. The van der Waals surface area contributed by atoms with E-state index in [1.165, 1.54) is 18.2 Å². The summed E-state index contributed by atoms with van der Waals surface area (Å²) in [7, 11) is -1.70. The van der Waals surface area contributed by atoms with E-state index in [2.05, 4.69) is 10.0 Å². The van der Waals surface area contributed by atoms with Crippen molar-refractivity contribution < 1.29 is 12.8 Å². The quantitative estimate of drug-likeness (QED) is 0.884. The minimum atomic E-state index is -3.62. The van der Waals surface area contributed by atoms with Crippen molar-refractivity contribution in [3.05, 3.63) is 30.1 Å². The summed E-state index contributed by atoms with van der Waals surface area (Å²) in [5.41, 5.74) is 0. The number of halogens is 1. The average molecular weight is 286 g/mol. The largest absolute Gasteiger partial charge is 0.317 e. The van der Waals surface area contributed by atoms with Gasteiger partial charge in [-0.1, -0.05) is 6.07 Å². The summed E-state index contributed by atoms with van der Waals surface area (Å²) in [6.07, 6.45) is 3.51. The molecule has 2 N–H and O–H groups in total. The van der Waals surface area contributed by atoms with Gasteiger partial charge in [-0.15, -0.1) is 0 Å². The van der Waals surface area contributed by atoms with Crippen LogP contribution in [0.1, 0.15) is 25.7 Å². The number of hydrogen-bond donors (Lipinski definition) is 2. The highest BCUT2D eigenvalue weighted by Crippen LogP contribution is 2.20. The van der Waals surface area contributed by atoms with E-state index in [1.54, 1.807) is 0 Å². The predicted octanol–water partition coefficient (Wildman–Crippen LogP) is 1.63. The Kier molecular flexibility index (Phi) is 4.54. The van der Waals surface area contributed by atoms with Crippen molar-refractivity contribution >= 4 is 10.0 Å². The van der Waals surface area contributed by atoms with Crippen LogP contribution in [0.3, 0.4) is 0 Å². The summed E-state index contributed by atoms with van der Waals surface area (Å²) in [5.74, 6) is -0.540. The minimum absolute atomic E-state index is 0.0109. The van der Waals surface area contributed by atoms with E-state index < -0.39 is 15.8 Å². The Hall–Kier alpha value is -0.980. The van der Waals surface area contributed by atoms with E-state index in [0.717, 1.165) is 31.7 Å². The van der Waals surface area contributed by atoms with Gasteiger partial charge in [0, 0.05) is 12.1 Å². The van der Waals surface area contributed by atoms with Crippen LogP contribution in [0.4, 0.5) is 4.39 Å². The molecule has 0 aromatic heterocycles. The molecule has 0 unspecified atom stereocenters. The lowest BCUT2D eigenvalue weighted by molar-refractivity contribution is 0.342. The van der Waals surface area contributed by atoms with Gasteiger partial charge in [-0.2, -0.15) is 0 Å². The Morgan fingerprint density at radius 1 is 1.16 bits per heavy atom. The monoisotopic (exact) mass is 286 g/mol. The van der Waals surface area contributed by atoms with Crippen molar-refractivity contribution in [2.24, 2.45) is 0 Å². The molecule has 0 aliphatic heterocycles. The van der Waals surface area contributed by atoms with Crippen LogP contribution in [0.2, 0.25) is 0 Å². The standard InChI is InChI=1S/C13H19FN2O2S/c1-15-11-5-7-12(8-6-11)16-19(17,18)13-4-2-3-10(14)9-13/h2-4,9,11-12,15-16H,5-8H2,1H3. The fourth-order valence-corrected chi connectivity index (χ4v) is 3.76. The van der Waals surface area contributed by atoms with Gasteiger partial charge in [-0.25, -0.2) is 17.5 Å². The predicted molar refractivity (Wildman–Crippen MR) is 71.8 cm³/mol. The van der Waals surface area contributed by atoms with Crippen LogP contribution in [0.15, 0.2) is 29.2 Å². The van der Waals surface area contributed by atoms with Crippen LogP contribution in [0.5, 0.6) is 0 Å². The van der Waals surface area contributed by atoms with E-state index >= 15 is 0 Å². The van der Waals surface area contributed by atoms with Crippen molar-refractivity contribution in [1.29, 1.82) is 0 Å². The molecule has 1 saturated carbocycles. The van der Waals surface area contributed by atoms with Gasteiger partial charge in [0.1, 0.15) is 5.82 Å². The fourth-order valence-electron chi connectivity index (χ4n) is 2.42. The van der Waals surface area contributed by atoms with E-state index in [0.29, 0.717) is 6.04 Å². The molecule has 1 aliphatic carbocycles. The molecular formula is C13H19FN2O2S. The maximum atomic E-state index is 13.1. The molecule has 0 amide bonds. The molecule has 0 heterocycles. The lowest BCUT2D eigenvalue weighted by Gasteiger charge is -2.28. The highest BCUT2D eigenvalue weighted by Gasteiger charge is 2.25.